The first-order valence-corrected chi connectivity index (χ1v) is 7.36. The van der Waals surface area contributed by atoms with Crippen molar-refractivity contribution in [2.24, 2.45) is 5.92 Å². The van der Waals surface area contributed by atoms with Gasteiger partial charge in [0.25, 0.3) is 0 Å². The average Bonchev–Trinajstić information content (AvgIpc) is 2.82. The molecule has 1 aliphatic rings. The van der Waals surface area contributed by atoms with Crippen molar-refractivity contribution in [3.8, 4) is 0 Å². The van der Waals surface area contributed by atoms with Gasteiger partial charge in [-0.3, -0.25) is 4.68 Å². The van der Waals surface area contributed by atoms with Gasteiger partial charge in [-0.2, -0.15) is 5.10 Å². The molecule has 0 aromatic carbocycles. The second-order valence-electron chi connectivity index (χ2n) is 4.24. The molecule has 2 heterocycles. The number of hydrogen-bond acceptors (Lipinski definition) is 4. The van der Waals surface area contributed by atoms with Gasteiger partial charge >= 0.3 is 0 Å². The van der Waals surface area contributed by atoms with Gasteiger partial charge in [0.2, 0.25) is 0 Å². The third-order valence-electron chi connectivity index (χ3n) is 2.84. The molecule has 0 radical (unpaired) electrons. The number of aromatic nitrogens is 2. The first-order chi connectivity index (χ1) is 7.66. The quantitative estimate of drug-likeness (QED) is 0.734. The van der Waals surface area contributed by atoms with E-state index in [1.807, 2.05) is 16.9 Å². The maximum absolute atomic E-state index is 11.2. The lowest BCUT2D eigenvalue weighted by Crippen LogP contribution is -2.27. The zero-order valence-electron chi connectivity index (χ0n) is 9.17. The molecule has 0 spiro atoms. The van der Waals surface area contributed by atoms with E-state index < -0.39 is 9.84 Å². The van der Waals surface area contributed by atoms with E-state index in [1.165, 1.54) is 0 Å². The minimum atomic E-state index is -2.73. The van der Waals surface area contributed by atoms with Crippen molar-refractivity contribution >= 4 is 9.84 Å². The molecule has 5 nitrogen and oxygen atoms in total. The second-order valence-corrected chi connectivity index (χ2v) is 6.47. The minimum Gasteiger partial charge on any atom is -0.315 e. The standard InChI is InChI=1S/C10H17N3O2S/c14-16(15)7-2-10(9-16)8-11-4-6-13-5-1-3-12-13/h1,3,5,10-11H,2,4,6-9H2. The second kappa shape index (κ2) is 4.97. The van der Waals surface area contributed by atoms with Crippen LogP contribution in [0.2, 0.25) is 0 Å². The summed E-state index contributed by atoms with van der Waals surface area (Å²) in [5, 5.41) is 7.37. The molecule has 1 unspecified atom stereocenters. The van der Waals surface area contributed by atoms with E-state index in [4.69, 9.17) is 0 Å². The zero-order valence-corrected chi connectivity index (χ0v) is 9.99. The van der Waals surface area contributed by atoms with Crippen LogP contribution in [-0.2, 0) is 16.4 Å². The number of nitrogens with one attached hydrogen (secondary N) is 1. The van der Waals surface area contributed by atoms with Crippen molar-refractivity contribution in [2.45, 2.75) is 13.0 Å². The van der Waals surface area contributed by atoms with Crippen molar-refractivity contribution in [3.05, 3.63) is 18.5 Å². The zero-order chi connectivity index (χ0) is 11.4. The lowest BCUT2D eigenvalue weighted by Gasteiger charge is -2.09. The summed E-state index contributed by atoms with van der Waals surface area (Å²) in [4.78, 5) is 0. The summed E-state index contributed by atoms with van der Waals surface area (Å²) in [6.07, 6.45) is 4.47. The van der Waals surface area contributed by atoms with Gasteiger partial charge in [0, 0.05) is 18.9 Å². The SMILES string of the molecule is O=S1(=O)CCC(CNCCn2cccn2)C1. The predicted octanol–water partition coefficient (Wildman–Crippen LogP) is -0.0926. The highest BCUT2D eigenvalue weighted by Gasteiger charge is 2.27. The molecule has 0 bridgehead atoms. The first kappa shape index (κ1) is 11.6. The Kier molecular flexibility index (Phi) is 3.60. The molecular weight excluding hydrogens is 226 g/mol. The molecule has 16 heavy (non-hydrogen) atoms. The van der Waals surface area contributed by atoms with E-state index in [0.29, 0.717) is 17.4 Å². The van der Waals surface area contributed by atoms with Crippen molar-refractivity contribution in [1.29, 1.82) is 0 Å². The Labute approximate surface area is 95.8 Å². The molecule has 0 amide bonds. The Morgan fingerprint density at radius 1 is 1.50 bits per heavy atom. The van der Waals surface area contributed by atoms with Gasteiger partial charge in [-0.05, 0) is 24.9 Å². The number of sulfone groups is 1. The van der Waals surface area contributed by atoms with Crippen molar-refractivity contribution in [2.75, 3.05) is 24.6 Å². The van der Waals surface area contributed by atoms with Gasteiger partial charge in [-0.25, -0.2) is 8.42 Å². The normalized spacial score (nSPS) is 23.6. The van der Waals surface area contributed by atoms with Gasteiger partial charge < -0.3 is 5.32 Å². The monoisotopic (exact) mass is 243 g/mol. The summed E-state index contributed by atoms with van der Waals surface area (Å²) >= 11 is 0. The summed E-state index contributed by atoms with van der Waals surface area (Å²) in [5.41, 5.74) is 0. The van der Waals surface area contributed by atoms with E-state index in [-0.39, 0.29) is 0 Å². The molecule has 1 saturated heterocycles. The Balaban J connectivity index is 1.62. The maximum Gasteiger partial charge on any atom is 0.150 e. The predicted molar refractivity (Wildman–Crippen MR) is 61.9 cm³/mol. The van der Waals surface area contributed by atoms with Crippen LogP contribution < -0.4 is 5.32 Å². The fraction of sp³-hybridized carbons (Fsp3) is 0.700. The third kappa shape index (κ3) is 3.31. The van der Waals surface area contributed by atoms with Crippen LogP contribution in [0.1, 0.15) is 6.42 Å². The smallest absolute Gasteiger partial charge is 0.150 e. The average molecular weight is 243 g/mol. The first-order valence-electron chi connectivity index (χ1n) is 5.54. The van der Waals surface area contributed by atoms with E-state index >= 15 is 0 Å². The van der Waals surface area contributed by atoms with E-state index in [1.54, 1.807) is 6.20 Å². The van der Waals surface area contributed by atoms with Crippen LogP contribution in [0.5, 0.6) is 0 Å². The number of nitrogens with zero attached hydrogens (tertiary/aromatic N) is 2. The summed E-state index contributed by atoms with van der Waals surface area (Å²) in [7, 11) is -2.73. The summed E-state index contributed by atoms with van der Waals surface area (Å²) in [6, 6.07) is 1.89. The van der Waals surface area contributed by atoms with Crippen molar-refractivity contribution in [3.63, 3.8) is 0 Å². The molecule has 2 rings (SSSR count). The Bertz CT molecular complexity index is 413. The van der Waals surface area contributed by atoms with Gasteiger partial charge in [0.15, 0.2) is 9.84 Å². The molecule has 1 atom stereocenters. The third-order valence-corrected chi connectivity index (χ3v) is 4.67. The summed E-state index contributed by atoms with van der Waals surface area (Å²) < 4.78 is 24.3. The molecule has 1 aromatic heterocycles. The Hall–Kier alpha value is -0.880. The van der Waals surface area contributed by atoms with Crippen LogP contribution in [0.15, 0.2) is 18.5 Å². The van der Waals surface area contributed by atoms with Crippen molar-refractivity contribution in [1.82, 2.24) is 15.1 Å². The molecular formula is C10H17N3O2S. The molecule has 1 aromatic rings. The van der Waals surface area contributed by atoms with E-state index in [9.17, 15) is 8.42 Å². The Morgan fingerprint density at radius 2 is 2.38 bits per heavy atom. The number of hydrogen-bond donors (Lipinski definition) is 1. The fourth-order valence-electron chi connectivity index (χ4n) is 1.97. The van der Waals surface area contributed by atoms with Crippen LogP contribution in [0.25, 0.3) is 0 Å². The van der Waals surface area contributed by atoms with Crippen molar-refractivity contribution < 1.29 is 8.42 Å². The summed E-state index contributed by atoms with van der Waals surface area (Å²) in [5.74, 6) is 1.00. The molecule has 1 aliphatic heterocycles. The van der Waals surface area contributed by atoms with Crippen LogP contribution >= 0.6 is 0 Å². The molecule has 1 N–H and O–H groups in total. The highest BCUT2D eigenvalue weighted by atomic mass is 32.2. The lowest BCUT2D eigenvalue weighted by atomic mass is 10.1. The molecule has 0 saturated carbocycles. The molecule has 0 aliphatic carbocycles. The van der Waals surface area contributed by atoms with Crippen LogP contribution in [-0.4, -0.2) is 42.8 Å². The van der Waals surface area contributed by atoms with Gasteiger partial charge in [0.05, 0.1) is 18.1 Å². The topological polar surface area (TPSA) is 64.0 Å². The van der Waals surface area contributed by atoms with E-state index in [0.717, 1.165) is 26.1 Å². The van der Waals surface area contributed by atoms with Crippen LogP contribution in [0.4, 0.5) is 0 Å². The molecule has 90 valence electrons. The van der Waals surface area contributed by atoms with Gasteiger partial charge in [0.1, 0.15) is 0 Å². The van der Waals surface area contributed by atoms with Gasteiger partial charge in [-0.15, -0.1) is 0 Å². The number of rotatable bonds is 5. The highest BCUT2D eigenvalue weighted by molar-refractivity contribution is 7.91. The van der Waals surface area contributed by atoms with Crippen LogP contribution in [0, 0.1) is 5.92 Å². The van der Waals surface area contributed by atoms with Gasteiger partial charge in [-0.1, -0.05) is 0 Å². The molecule has 1 fully saturated rings. The minimum absolute atomic E-state index is 0.294. The highest BCUT2D eigenvalue weighted by Crippen LogP contribution is 2.17. The molecule has 6 heteroatoms. The maximum atomic E-state index is 11.2. The Morgan fingerprint density at radius 3 is 3.00 bits per heavy atom. The lowest BCUT2D eigenvalue weighted by molar-refractivity contribution is 0.489. The fourth-order valence-corrected chi connectivity index (χ4v) is 3.83. The largest absolute Gasteiger partial charge is 0.315 e. The summed E-state index contributed by atoms with van der Waals surface area (Å²) in [6.45, 7) is 2.45. The van der Waals surface area contributed by atoms with E-state index in [2.05, 4.69) is 10.4 Å². The van der Waals surface area contributed by atoms with Crippen LogP contribution in [0.3, 0.4) is 0 Å².